The summed E-state index contributed by atoms with van der Waals surface area (Å²) >= 11 is 0. The first kappa shape index (κ1) is 22.9. The monoisotopic (exact) mass is 478 g/mol. The van der Waals surface area contributed by atoms with Gasteiger partial charge in [0, 0.05) is 68.9 Å². The molecule has 0 atom stereocenters. The number of rotatable bonds is 4. The van der Waals surface area contributed by atoms with Gasteiger partial charge >= 0.3 is 6.03 Å². The number of hydrogen-bond acceptors (Lipinski definition) is 6. The molecule has 35 heavy (non-hydrogen) atoms. The average Bonchev–Trinajstić information content (AvgIpc) is 3.48. The van der Waals surface area contributed by atoms with Crippen LogP contribution in [0, 0.1) is 17.1 Å². The molecule has 182 valence electrons. The highest BCUT2D eigenvalue weighted by molar-refractivity contribution is 5.76. The molecular weight excluding hydrogens is 451 g/mol. The summed E-state index contributed by atoms with van der Waals surface area (Å²) in [6, 6.07) is 5.02. The number of ether oxygens (including phenoxy) is 1. The van der Waals surface area contributed by atoms with Gasteiger partial charge in [0.2, 0.25) is 0 Å². The van der Waals surface area contributed by atoms with E-state index in [2.05, 4.69) is 21.8 Å². The summed E-state index contributed by atoms with van der Waals surface area (Å²) in [7, 11) is 3.37. The number of carbonyl (C=O) groups excluding carboxylic acids is 1. The van der Waals surface area contributed by atoms with E-state index in [9.17, 15) is 10.1 Å². The molecule has 1 fully saturated rings. The molecule has 3 aromatic rings. The van der Waals surface area contributed by atoms with E-state index in [0.29, 0.717) is 55.2 Å². The fourth-order valence-electron chi connectivity index (χ4n) is 4.80. The van der Waals surface area contributed by atoms with E-state index in [1.807, 2.05) is 4.68 Å². The lowest BCUT2D eigenvalue weighted by Gasteiger charge is -2.29. The van der Waals surface area contributed by atoms with Crippen LogP contribution in [0.25, 0.3) is 11.1 Å². The van der Waals surface area contributed by atoms with Gasteiger partial charge in [0.15, 0.2) is 5.82 Å². The molecule has 1 aromatic carbocycles. The van der Waals surface area contributed by atoms with Gasteiger partial charge in [-0.05, 0) is 25.0 Å². The fourth-order valence-corrected chi connectivity index (χ4v) is 4.80. The second kappa shape index (κ2) is 9.38. The fraction of sp³-hybridized carbons (Fsp3) is 0.417. The van der Waals surface area contributed by atoms with Crippen LogP contribution in [0.1, 0.15) is 35.7 Å². The third-order valence-corrected chi connectivity index (χ3v) is 6.62. The van der Waals surface area contributed by atoms with Crippen molar-refractivity contribution in [2.24, 2.45) is 7.05 Å². The van der Waals surface area contributed by atoms with Crippen LogP contribution >= 0.6 is 0 Å². The van der Waals surface area contributed by atoms with Crippen LogP contribution in [0.4, 0.5) is 20.7 Å². The lowest BCUT2D eigenvalue weighted by Crippen LogP contribution is -2.41. The van der Waals surface area contributed by atoms with Gasteiger partial charge in [0.05, 0.1) is 36.1 Å². The zero-order chi connectivity index (χ0) is 24.5. The number of hydrogen-bond donors (Lipinski definition) is 2. The number of urea groups is 1. The number of fused-ring (bicyclic) bond motifs is 1. The molecule has 0 saturated carbocycles. The van der Waals surface area contributed by atoms with Crippen molar-refractivity contribution in [3.63, 3.8) is 0 Å². The third-order valence-electron chi connectivity index (χ3n) is 6.62. The number of nitrogens with zero attached hydrogens (tertiary/aromatic N) is 6. The van der Waals surface area contributed by atoms with Crippen LogP contribution in [-0.2, 0) is 24.8 Å². The van der Waals surface area contributed by atoms with Gasteiger partial charge in [-0.25, -0.2) is 9.18 Å². The zero-order valence-electron chi connectivity index (χ0n) is 19.7. The van der Waals surface area contributed by atoms with Crippen molar-refractivity contribution in [2.75, 3.05) is 32.1 Å². The highest BCUT2D eigenvalue weighted by Crippen LogP contribution is 2.35. The average molecular weight is 479 g/mol. The first-order valence-electron chi connectivity index (χ1n) is 11.6. The summed E-state index contributed by atoms with van der Waals surface area (Å²) in [5.74, 6) is -0.00630. The van der Waals surface area contributed by atoms with E-state index < -0.39 is 5.82 Å². The van der Waals surface area contributed by atoms with Crippen molar-refractivity contribution in [1.29, 1.82) is 5.26 Å². The minimum atomic E-state index is -0.504. The number of nitriles is 1. The van der Waals surface area contributed by atoms with Gasteiger partial charge in [0.25, 0.3) is 0 Å². The Bertz CT molecular complexity index is 1300. The molecule has 2 aromatic heterocycles. The van der Waals surface area contributed by atoms with E-state index in [1.165, 1.54) is 12.1 Å². The Morgan fingerprint density at radius 1 is 1.31 bits per heavy atom. The van der Waals surface area contributed by atoms with Crippen LogP contribution < -0.4 is 10.6 Å². The Kier molecular flexibility index (Phi) is 6.13. The number of benzene rings is 1. The van der Waals surface area contributed by atoms with Crippen molar-refractivity contribution in [3.8, 4) is 17.2 Å². The topological polar surface area (TPSA) is 113 Å². The predicted molar refractivity (Wildman–Crippen MR) is 126 cm³/mol. The van der Waals surface area contributed by atoms with E-state index in [-0.39, 0.29) is 17.8 Å². The van der Waals surface area contributed by atoms with E-state index in [0.717, 1.165) is 24.1 Å². The third kappa shape index (κ3) is 4.33. The summed E-state index contributed by atoms with van der Waals surface area (Å²) < 4.78 is 24.4. The summed E-state index contributed by atoms with van der Waals surface area (Å²) in [5.41, 5.74) is 3.53. The molecule has 0 unspecified atom stereocenters. The lowest BCUT2D eigenvalue weighted by molar-refractivity contribution is 0.0652. The van der Waals surface area contributed by atoms with Gasteiger partial charge in [-0.1, -0.05) is 0 Å². The second-order valence-corrected chi connectivity index (χ2v) is 8.81. The Morgan fingerprint density at radius 2 is 2.11 bits per heavy atom. The summed E-state index contributed by atoms with van der Waals surface area (Å²) in [6.45, 7) is 2.28. The highest BCUT2D eigenvalue weighted by atomic mass is 19.1. The number of amides is 2. The van der Waals surface area contributed by atoms with Crippen LogP contribution in [0.5, 0.6) is 0 Å². The molecule has 1 saturated heterocycles. The SMILES string of the molecule is CNC(=O)N1CCc2c(c(Nc3cc(C#N)c(-c4cnn(C)c4)cc3F)nn2C2CCOCC2)C1. The van der Waals surface area contributed by atoms with Crippen molar-refractivity contribution >= 4 is 17.5 Å². The Hall–Kier alpha value is -3.91. The molecule has 10 nitrogen and oxygen atoms in total. The van der Waals surface area contributed by atoms with Crippen LogP contribution in [0.2, 0.25) is 0 Å². The normalized spacial score (nSPS) is 16.0. The highest BCUT2D eigenvalue weighted by Gasteiger charge is 2.31. The quantitative estimate of drug-likeness (QED) is 0.596. The zero-order valence-corrected chi connectivity index (χ0v) is 19.7. The van der Waals surface area contributed by atoms with Crippen molar-refractivity contribution in [3.05, 3.63) is 47.2 Å². The number of carbonyl (C=O) groups is 1. The lowest BCUT2D eigenvalue weighted by atomic mass is 10.0. The molecule has 4 heterocycles. The second-order valence-electron chi connectivity index (χ2n) is 8.81. The Morgan fingerprint density at radius 3 is 2.80 bits per heavy atom. The molecule has 0 spiro atoms. The number of halogens is 1. The van der Waals surface area contributed by atoms with Gasteiger partial charge in [-0.2, -0.15) is 15.5 Å². The summed E-state index contributed by atoms with van der Waals surface area (Å²) in [5, 5.41) is 24.5. The van der Waals surface area contributed by atoms with Crippen molar-refractivity contribution in [2.45, 2.75) is 31.8 Å². The molecule has 0 aliphatic carbocycles. The van der Waals surface area contributed by atoms with Gasteiger partial charge in [0.1, 0.15) is 5.82 Å². The minimum absolute atomic E-state index is 0.158. The maximum absolute atomic E-state index is 15.3. The Labute approximate surface area is 202 Å². The predicted octanol–water partition coefficient (Wildman–Crippen LogP) is 3.09. The molecule has 0 bridgehead atoms. The molecule has 2 amide bonds. The molecule has 2 aliphatic rings. The molecule has 11 heteroatoms. The van der Waals surface area contributed by atoms with Crippen molar-refractivity contribution in [1.82, 2.24) is 29.8 Å². The summed E-state index contributed by atoms with van der Waals surface area (Å²) in [4.78, 5) is 14.0. The number of aryl methyl sites for hydroxylation is 1. The summed E-state index contributed by atoms with van der Waals surface area (Å²) in [6.07, 6.45) is 5.68. The van der Waals surface area contributed by atoms with E-state index in [1.54, 1.807) is 36.1 Å². The van der Waals surface area contributed by atoms with Crippen molar-refractivity contribution < 1.29 is 13.9 Å². The molecular formula is C24H27FN8O2. The van der Waals surface area contributed by atoms with E-state index in [4.69, 9.17) is 9.84 Å². The number of anilines is 2. The smallest absolute Gasteiger partial charge is 0.317 e. The van der Waals surface area contributed by atoms with E-state index >= 15 is 4.39 Å². The van der Waals surface area contributed by atoms with Crippen LogP contribution in [0.3, 0.4) is 0 Å². The van der Waals surface area contributed by atoms with Crippen LogP contribution in [0.15, 0.2) is 24.5 Å². The number of aromatic nitrogens is 4. The largest absolute Gasteiger partial charge is 0.381 e. The molecule has 2 N–H and O–H groups in total. The number of nitrogens with one attached hydrogen (secondary N) is 2. The maximum atomic E-state index is 15.3. The molecule has 5 rings (SSSR count). The Balaban J connectivity index is 1.53. The van der Waals surface area contributed by atoms with Gasteiger partial charge in [-0.15, -0.1) is 0 Å². The first-order chi connectivity index (χ1) is 17.0. The first-order valence-corrected chi connectivity index (χ1v) is 11.6. The molecule has 2 aliphatic heterocycles. The van der Waals surface area contributed by atoms with Gasteiger partial charge < -0.3 is 20.3 Å². The maximum Gasteiger partial charge on any atom is 0.317 e. The van der Waals surface area contributed by atoms with Crippen LogP contribution in [-0.4, -0.2) is 57.3 Å². The standard InChI is InChI=1S/C24H27FN8O2/c1-27-24(34)32-6-3-22-19(14-32)23(30-33(22)17-4-7-35-8-5-17)29-21-9-15(11-26)18(10-20(21)25)16-12-28-31(2)13-16/h9-10,12-13,17H,3-8,14H2,1-2H3,(H,27,34)(H,29,30). The van der Waals surface area contributed by atoms with Gasteiger partial charge in [-0.3, -0.25) is 9.36 Å². The molecule has 0 radical (unpaired) electrons. The minimum Gasteiger partial charge on any atom is -0.381 e.